The van der Waals surface area contributed by atoms with Crippen LogP contribution in [0.15, 0.2) is 67.0 Å². The number of aromatic amines is 1. The summed E-state index contributed by atoms with van der Waals surface area (Å²) in [6.07, 6.45) is 3.81. The van der Waals surface area contributed by atoms with E-state index < -0.39 is 5.97 Å². The summed E-state index contributed by atoms with van der Waals surface area (Å²) in [6, 6.07) is 17.9. The van der Waals surface area contributed by atoms with Crippen LogP contribution < -0.4 is 5.73 Å². The van der Waals surface area contributed by atoms with Gasteiger partial charge in [0, 0.05) is 35.5 Å². The molecule has 0 atom stereocenters. The Morgan fingerprint density at radius 2 is 1.81 bits per heavy atom. The average molecular weight is 357 g/mol. The number of carboxylic acids is 1. The van der Waals surface area contributed by atoms with Crippen LogP contribution in [0.25, 0.3) is 33.3 Å². The van der Waals surface area contributed by atoms with Gasteiger partial charge in [0.15, 0.2) is 0 Å². The van der Waals surface area contributed by atoms with Crippen molar-refractivity contribution in [2.24, 2.45) is 5.73 Å². The van der Waals surface area contributed by atoms with Gasteiger partial charge in [-0.1, -0.05) is 42.5 Å². The van der Waals surface area contributed by atoms with Gasteiger partial charge in [0.05, 0.1) is 6.42 Å². The van der Waals surface area contributed by atoms with Gasteiger partial charge in [0.1, 0.15) is 5.65 Å². The number of fused-ring (bicyclic) bond motifs is 1. The smallest absolute Gasteiger partial charge is 0.307 e. The number of aliphatic carboxylic acids is 1. The number of nitrogens with zero attached hydrogens (tertiary/aromatic N) is 1. The van der Waals surface area contributed by atoms with E-state index in [1.807, 2.05) is 48.8 Å². The molecule has 0 unspecified atom stereocenters. The Hall–Kier alpha value is -3.44. The minimum Gasteiger partial charge on any atom is -0.481 e. The molecule has 0 bridgehead atoms. The van der Waals surface area contributed by atoms with Crippen molar-refractivity contribution in [2.75, 3.05) is 0 Å². The van der Waals surface area contributed by atoms with Gasteiger partial charge in [0.2, 0.25) is 0 Å². The molecular weight excluding hydrogens is 338 g/mol. The molecule has 134 valence electrons. The number of nitrogens with one attached hydrogen (secondary N) is 1. The van der Waals surface area contributed by atoms with Gasteiger partial charge in [-0.3, -0.25) is 4.79 Å². The number of hydrogen-bond acceptors (Lipinski definition) is 3. The molecule has 0 amide bonds. The maximum absolute atomic E-state index is 10.9. The zero-order chi connectivity index (χ0) is 18.8. The highest BCUT2D eigenvalue weighted by Gasteiger charge is 2.10. The van der Waals surface area contributed by atoms with Crippen molar-refractivity contribution in [3.8, 4) is 22.3 Å². The van der Waals surface area contributed by atoms with Gasteiger partial charge >= 0.3 is 5.97 Å². The normalized spacial score (nSPS) is 11.0. The maximum atomic E-state index is 10.9. The molecule has 0 aliphatic rings. The number of H-pyrrole nitrogens is 1. The summed E-state index contributed by atoms with van der Waals surface area (Å²) in [5.41, 5.74) is 12.6. The highest BCUT2D eigenvalue weighted by atomic mass is 16.4. The van der Waals surface area contributed by atoms with Crippen LogP contribution in [0.5, 0.6) is 0 Å². The summed E-state index contributed by atoms with van der Waals surface area (Å²) in [5, 5.41) is 9.94. The number of carbonyl (C=O) groups is 1. The first-order valence-electron chi connectivity index (χ1n) is 8.71. The molecule has 0 spiro atoms. The molecule has 0 fully saturated rings. The molecule has 5 nitrogen and oxygen atoms in total. The first-order valence-corrected chi connectivity index (χ1v) is 8.71. The van der Waals surface area contributed by atoms with E-state index in [1.54, 1.807) is 0 Å². The third-order valence-electron chi connectivity index (χ3n) is 4.65. The Labute approximate surface area is 156 Å². The van der Waals surface area contributed by atoms with Gasteiger partial charge in [-0.15, -0.1) is 0 Å². The van der Waals surface area contributed by atoms with Crippen molar-refractivity contribution in [2.45, 2.75) is 13.0 Å². The molecule has 0 saturated heterocycles. The van der Waals surface area contributed by atoms with Gasteiger partial charge < -0.3 is 15.8 Å². The predicted octanol–water partition coefficient (Wildman–Crippen LogP) is 3.98. The van der Waals surface area contributed by atoms with E-state index in [2.05, 4.69) is 28.2 Å². The van der Waals surface area contributed by atoms with Crippen molar-refractivity contribution in [1.29, 1.82) is 0 Å². The minimum atomic E-state index is -0.830. The van der Waals surface area contributed by atoms with Crippen molar-refractivity contribution >= 4 is 17.0 Å². The highest BCUT2D eigenvalue weighted by Crippen LogP contribution is 2.31. The summed E-state index contributed by atoms with van der Waals surface area (Å²) < 4.78 is 0. The summed E-state index contributed by atoms with van der Waals surface area (Å²) >= 11 is 0. The van der Waals surface area contributed by atoms with Crippen molar-refractivity contribution in [1.82, 2.24) is 9.97 Å². The molecule has 4 N–H and O–H groups in total. The molecule has 5 heteroatoms. The fraction of sp³-hybridized carbons (Fsp3) is 0.0909. The molecule has 0 aliphatic heterocycles. The summed E-state index contributed by atoms with van der Waals surface area (Å²) in [5.74, 6) is -0.830. The lowest BCUT2D eigenvalue weighted by Gasteiger charge is -2.06. The van der Waals surface area contributed by atoms with E-state index >= 15 is 0 Å². The van der Waals surface area contributed by atoms with Crippen LogP contribution in [-0.4, -0.2) is 21.0 Å². The number of aromatic nitrogens is 2. The largest absolute Gasteiger partial charge is 0.481 e. The van der Waals surface area contributed by atoms with E-state index in [1.165, 1.54) is 0 Å². The fourth-order valence-corrected chi connectivity index (χ4v) is 3.25. The summed E-state index contributed by atoms with van der Waals surface area (Å²) in [4.78, 5) is 18.6. The standard InChI is InChI=1S/C22H19N3O2/c23-11-15-2-1-3-17(8-15)18-10-19-20(13-25-22(19)24-12-18)16-6-4-14(5-7-16)9-21(26)27/h1-8,10,12-13H,9,11,23H2,(H,24,25)(H,26,27). The van der Waals surface area contributed by atoms with Crippen LogP contribution in [0.4, 0.5) is 0 Å². The summed E-state index contributed by atoms with van der Waals surface area (Å²) in [6.45, 7) is 0.502. The lowest BCUT2D eigenvalue weighted by atomic mass is 10.00. The molecule has 0 radical (unpaired) electrons. The molecule has 4 aromatic rings. The van der Waals surface area contributed by atoms with Gasteiger partial charge in [-0.25, -0.2) is 4.98 Å². The number of benzene rings is 2. The van der Waals surface area contributed by atoms with Crippen LogP contribution in [0.3, 0.4) is 0 Å². The lowest BCUT2D eigenvalue weighted by molar-refractivity contribution is -0.136. The minimum absolute atomic E-state index is 0.0252. The van der Waals surface area contributed by atoms with E-state index in [9.17, 15) is 4.79 Å². The number of carboxylic acid groups (broad SMARTS) is 1. The van der Waals surface area contributed by atoms with Crippen LogP contribution in [-0.2, 0) is 17.8 Å². The van der Waals surface area contributed by atoms with Crippen LogP contribution in [0.2, 0.25) is 0 Å². The number of nitrogens with two attached hydrogens (primary N) is 1. The molecule has 2 aromatic carbocycles. The Morgan fingerprint density at radius 1 is 1.00 bits per heavy atom. The molecule has 4 rings (SSSR count). The molecule has 2 heterocycles. The number of hydrogen-bond donors (Lipinski definition) is 3. The Balaban J connectivity index is 1.75. The quantitative estimate of drug-likeness (QED) is 0.504. The third-order valence-corrected chi connectivity index (χ3v) is 4.65. The Morgan fingerprint density at radius 3 is 2.56 bits per heavy atom. The van der Waals surface area contributed by atoms with Crippen molar-refractivity contribution < 1.29 is 9.90 Å². The van der Waals surface area contributed by atoms with E-state index in [0.29, 0.717) is 6.54 Å². The first kappa shape index (κ1) is 17.0. The SMILES string of the molecule is NCc1cccc(-c2cnc3[nH]cc(-c4ccc(CC(=O)O)cc4)c3c2)c1. The second kappa shape index (κ2) is 7.05. The van der Waals surface area contributed by atoms with E-state index in [4.69, 9.17) is 10.8 Å². The van der Waals surface area contributed by atoms with Crippen LogP contribution in [0.1, 0.15) is 11.1 Å². The Bertz CT molecular complexity index is 1110. The maximum Gasteiger partial charge on any atom is 0.307 e. The van der Waals surface area contributed by atoms with Crippen LogP contribution in [0, 0.1) is 0 Å². The third kappa shape index (κ3) is 3.45. The van der Waals surface area contributed by atoms with Crippen LogP contribution >= 0.6 is 0 Å². The van der Waals surface area contributed by atoms with Gasteiger partial charge in [-0.2, -0.15) is 0 Å². The van der Waals surface area contributed by atoms with Crippen molar-refractivity contribution in [3.63, 3.8) is 0 Å². The number of rotatable bonds is 5. The molecular formula is C22H19N3O2. The molecule has 0 saturated carbocycles. The fourth-order valence-electron chi connectivity index (χ4n) is 3.25. The average Bonchev–Trinajstić information content (AvgIpc) is 3.11. The van der Waals surface area contributed by atoms with Gasteiger partial charge in [-0.05, 0) is 34.4 Å². The molecule has 2 aromatic heterocycles. The van der Waals surface area contributed by atoms with E-state index in [0.717, 1.165) is 44.4 Å². The first-order chi connectivity index (χ1) is 13.1. The van der Waals surface area contributed by atoms with Gasteiger partial charge in [0.25, 0.3) is 0 Å². The zero-order valence-corrected chi connectivity index (χ0v) is 14.6. The molecule has 27 heavy (non-hydrogen) atoms. The Kier molecular flexibility index (Phi) is 4.44. The summed E-state index contributed by atoms with van der Waals surface area (Å²) in [7, 11) is 0. The lowest BCUT2D eigenvalue weighted by Crippen LogP contribution is -1.99. The zero-order valence-electron chi connectivity index (χ0n) is 14.6. The second-order valence-corrected chi connectivity index (χ2v) is 6.49. The monoisotopic (exact) mass is 357 g/mol. The number of pyridine rings is 1. The topological polar surface area (TPSA) is 92.0 Å². The second-order valence-electron chi connectivity index (χ2n) is 6.49. The van der Waals surface area contributed by atoms with Crippen molar-refractivity contribution in [3.05, 3.63) is 78.1 Å². The molecule has 0 aliphatic carbocycles. The predicted molar refractivity (Wildman–Crippen MR) is 106 cm³/mol. The van der Waals surface area contributed by atoms with E-state index in [-0.39, 0.29) is 6.42 Å². The highest BCUT2D eigenvalue weighted by molar-refractivity contribution is 5.95.